The minimum Gasteiger partial charge on any atom is -0.397 e. The Hall–Kier alpha value is -0.930. The van der Waals surface area contributed by atoms with Crippen molar-refractivity contribution in [3.8, 4) is 0 Å². The average molecular weight is 301 g/mol. The smallest absolute Gasteiger partial charge is 0.253 e. The van der Waals surface area contributed by atoms with Crippen LogP contribution in [0.25, 0.3) is 0 Å². The summed E-state index contributed by atoms with van der Waals surface area (Å²) in [7, 11) is 0. The number of carbonyl (C=O) groups is 1. The summed E-state index contributed by atoms with van der Waals surface area (Å²) >= 11 is 11.9. The molecule has 1 fully saturated rings. The molecule has 1 amide bonds. The van der Waals surface area contributed by atoms with Gasteiger partial charge in [-0.2, -0.15) is 0 Å². The third-order valence-electron chi connectivity index (χ3n) is 3.78. The molecule has 0 spiro atoms. The van der Waals surface area contributed by atoms with Crippen LogP contribution in [0.5, 0.6) is 0 Å². The van der Waals surface area contributed by atoms with Crippen molar-refractivity contribution in [3.63, 3.8) is 0 Å². The predicted octanol–water partition coefficient (Wildman–Crippen LogP) is 3.84. The van der Waals surface area contributed by atoms with Gasteiger partial charge in [-0.1, -0.05) is 36.5 Å². The number of amides is 1. The number of likely N-dealkylation sites (tertiary alicyclic amines) is 1. The molecular formula is C14H18Cl2N2O. The van der Waals surface area contributed by atoms with Gasteiger partial charge in [-0.05, 0) is 30.9 Å². The lowest BCUT2D eigenvalue weighted by molar-refractivity contribution is 0.0689. The van der Waals surface area contributed by atoms with E-state index >= 15 is 0 Å². The molecule has 0 saturated carbocycles. The number of benzene rings is 1. The fraction of sp³-hybridized carbons (Fsp3) is 0.500. The second kappa shape index (κ2) is 6.02. The van der Waals surface area contributed by atoms with Crippen LogP contribution in [-0.4, -0.2) is 23.9 Å². The SMILES string of the molecule is CCC1CCN(C(=O)c2cc(N)c(Cl)c(Cl)c2)CC1. The summed E-state index contributed by atoms with van der Waals surface area (Å²) < 4.78 is 0. The van der Waals surface area contributed by atoms with Crippen molar-refractivity contribution >= 4 is 34.8 Å². The third-order valence-corrected chi connectivity index (χ3v) is 4.60. The molecular weight excluding hydrogens is 283 g/mol. The molecule has 1 aliphatic rings. The van der Waals surface area contributed by atoms with Gasteiger partial charge in [0.05, 0.1) is 15.7 Å². The van der Waals surface area contributed by atoms with Gasteiger partial charge in [0.1, 0.15) is 0 Å². The zero-order chi connectivity index (χ0) is 14.0. The molecule has 0 atom stereocenters. The van der Waals surface area contributed by atoms with E-state index in [0.29, 0.717) is 21.3 Å². The van der Waals surface area contributed by atoms with Gasteiger partial charge in [-0.3, -0.25) is 4.79 Å². The maximum Gasteiger partial charge on any atom is 0.253 e. The van der Waals surface area contributed by atoms with Crippen LogP contribution in [0.15, 0.2) is 12.1 Å². The van der Waals surface area contributed by atoms with E-state index < -0.39 is 0 Å². The van der Waals surface area contributed by atoms with E-state index in [-0.39, 0.29) is 5.91 Å². The van der Waals surface area contributed by atoms with Crippen molar-refractivity contribution in [2.75, 3.05) is 18.8 Å². The molecule has 5 heteroatoms. The normalized spacial score (nSPS) is 16.7. The monoisotopic (exact) mass is 300 g/mol. The minimum atomic E-state index is -0.0141. The van der Waals surface area contributed by atoms with Crippen molar-refractivity contribution in [2.24, 2.45) is 5.92 Å². The Morgan fingerprint density at radius 3 is 2.53 bits per heavy atom. The second-order valence-electron chi connectivity index (χ2n) is 5.01. The highest BCUT2D eigenvalue weighted by Gasteiger charge is 2.23. The van der Waals surface area contributed by atoms with Gasteiger partial charge in [0.2, 0.25) is 0 Å². The number of hydrogen-bond donors (Lipinski definition) is 1. The first kappa shape index (κ1) is 14.5. The van der Waals surface area contributed by atoms with Crippen LogP contribution in [0.3, 0.4) is 0 Å². The summed E-state index contributed by atoms with van der Waals surface area (Å²) in [5.41, 5.74) is 6.61. The summed E-state index contributed by atoms with van der Waals surface area (Å²) in [5.74, 6) is 0.725. The minimum absolute atomic E-state index is 0.0141. The van der Waals surface area contributed by atoms with E-state index in [9.17, 15) is 4.79 Å². The standard InChI is InChI=1S/C14H18Cl2N2O/c1-2-9-3-5-18(6-4-9)14(19)10-7-11(15)13(16)12(17)8-10/h7-9H,2-6,17H2,1H3. The van der Waals surface area contributed by atoms with Crippen LogP contribution >= 0.6 is 23.2 Å². The summed E-state index contributed by atoms with van der Waals surface area (Å²) in [6, 6.07) is 3.19. The first-order chi connectivity index (χ1) is 9.02. The van der Waals surface area contributed by atoms with Gasteiger partial charge in [0, 0.05) is 18.7 Å². The van der Waals surface area contributed by atoms with E-state index in [4.69, 9.17) is 28.9 Å². The topological polar surface area (TPSA) is 46.3 Å². The summed E-state index contributed by atoms with van der Waals surface area (Å²) in [6.45, 7) is 3.80. The van der Waals surface area contributed by atoms with Gasteiger partial charge in [-0.25, -0.2) is 0 Å². The quantitative estimate of drug-likeness (QED) is 0.844. The molecule has 19 heavy (non-hydrogen) atoms. The molecule has 2 rings (SSSR count). The van der Waals surface area contributed by atoms with Crippen LogP contribution < -0.4 is 5.73 Å². The van der Waals surface area contributed by atoms with Crippen LogP contribution in [-0.2, 0) is 0 Å². The van der Waals surface area contributed by atoms with E-state index in [0.717, 1.165) is 31.8 Å². The Morgan fingerprint density at radius 1 is 1.37 bits per heavy atom. The highest BCUT2D eigenvalue weighted by atomic mass is 35.5. The number of anilines is 1. The number of carbonyl (C=O) groups excluding carboxylic acids is 1. The molecule has 0 radical (unpaired) electrons. The molecule has 0 aliphatic carbocycles. The van der Waals surface area contributed by atoms with Crippen molar-refractivity contribution in [2.45, 2.75) is 26.2 Å². The molecule has 0 aromatic heterocycles. The summed E-state index contributed by atoms with van der Waals surface area (Å²) in [5, 5.41) is 0.636. The van der Waals surface area contributed by atoms with Gasteiger partial charge in [-0.15, -0.1) is 0 Å². The lowest BCUT2D eigenvalue weighted by atomic mass is 9.94. The predicted molar refractivity (Wildman–Crippen MR) is 79.8 cm³/mol. The number of hydrogen-bond acceptors (Lipinski definition) is 2. The van der Waals surface area contributed by atoms with Gasteiger partial charge >= 0.3 is 0 Å². The maximum atomic E-state index is 12.4. The van der Waals surface area contributed by atoms with E-state index in [1.165, 1.54) is 6.42 Å². The molecule has 1 saturated heterocycles. The first-order valence-electron chi connectivity index (χ1n) is 6.56. The Bertz CT molecular complexity index is 459. The van der Waals surface area contributed by atoms with Gasteiger partial charge in [0.15, 0.2) is 0 Å². The van der Waals surface area contributed by atoms with E-state index in [1.807, 2.05) is 4.90 Å². The lowest BCUT2D eigenvalue weighted by Crippen LogP contribution is -2.38. The molecule has 1 heterocycles. The molecule has 104 valence electrons. The number of piperidine rings is 1. The number of nitrogen functional groups attached to an aromatic ring is 1. The zero-order valence-corrected chi connectivity index (χ0v) is 12.5. The molecule has 0 bridgehead atoms. The van der Waals surface area contributed by atoms with Crippen molar-refractivity contribution in [1.82, 2.24) is 4.90 Å². The highest BCUT2D eigenvalue weighted by Crippen LogP contribution is 2.30. The highest BCUT2D eigenvalue weighted by molar-refractivity contribution is 6.43. The number of rotatable bonds is 2. The van der Waals surface area contributed by atoms with Crippen LogP contribution in [0, 0.1) is 5.92 Å². The first-order valence-corrected chi connectivity index (χ1v) is 7.32. The second-order valence-corrected chi connectivity index (χ2v) is 5.79. The van der Waals surface area contributed by atoms with E-state index in [2.05, 4.69) is 6.92 Å². The summed E-state index contributed by atoms with van der Waals surface area (Å²) in [6.07, 6.45) is 3.32. The number of nitrogens with zero attached hydrogens (tertiary/aromatic N) is 1. The third kappa shape index (κ3) is 3.15. The molecule has 1 aliphatic heterocycles. The van der Waals surface area contributed by atoms with Crippen LogP contribution in [0.1, 0.15) is 36.5 Å². The average Bonchev–Trinajstić information content (AvgIpc) is 2.43. The van der Waals surface area contributed by atoms with E-state index in [1.54, 1.807) is 12.1 Å². The largest absolute Gasteiger partial charge is 0.397 e. The summed E-state index contributed by atoms with van der Waals surface area (Å²) in [4.78, 5) is 14.2. The van der Waals surface area contributed by atoms with Crippen LogP contribution in [0.4, 0.5) is 5.69 Å². The van der Waals surface area contributed by atoms with Crippen molar-refractivity contribution < 1.29 is 4.79 Å². The van der Waals surface area contributed by atoms with Gasteiger partial charge in [0.25, 0.3) is 5.91 Å². The molecule has 2 N–H and O–H groups in total. The number of nitrogens with two attached hydrogens (primary N) is 1. The fourth-order valence-corrected chi connectivity index (χ4v) is 2.80. The molecule has 3 nitrogen and oxygen atoms in total. The van der Waals surface area contributed by atoms with Crippen molar-refractivity contribution in [1.29, 1.82) is 0 Å². The molecule has 1 aromatic carbocycles. The molecule has 1 aromatic rings. The Morgan fingerprint density at radius 2 is 2.00 bits per heavy atom. The fourth-order valence-electron chi connectivity index (χ4n) is 2.46. The number of halogens is 2. The Kier molecular flexibility index (Phi) is 4.58. The van der Waals surface area contributed by atoms with Crippen LogP contribution in [0.2, 0.25) is 10.0 Å². The maximum absolute atomic E-state index is 12.4. The lowest BCUT2D eigenvalue weighted by Gasteiger charge is -2.31. The Balaban J connectivity index is 2.12. The molecule has 0 unspecified atom stereocenters. The Labute approximate surface area is 123 Å². The van der Waals surface area contributed by atoms with Crippen molar-refractivity contribution in [3.05, 3.63) is 27.7 Å². The zero-order valence-electron chi connectivity index (χ0n) is 11.0. The van der Waals surface area contributed by atoms with Gasteiger partial charge < -0.3 is 10.6 Å².